The zero-order valence-electron chi connectivity index (χ0n) is 10.2. The Kier molecular flexibility index (Phi) is 4.01. The Morgan fingerprint density at radius 3 is 2.95 bits per heavy atom. The van der Waals surface area contributed by atoms with E-state index in [1.54, 1.807) is 18.3 Å². The van der Waals surface area contributed by atoms with E-state index in [0.29, 0.717) is 16.6 Å². The molecule has 1 N–H and O–H groups in total. The van der Waals surface area contributed by atoms with Crippen LogP contribution in [0.25, 0.3) is 0 Å². The number of nitro groups is 1. The van der Waals surface area contributed by atoms with Gasteiger partial charge in [0.25, 0.3) is 5.69 Å². The van der Waals surface area contributed by atoms with Gasteiger partial charge in [-0.15, -0.1) is 0 Å². The normalized spacial score (nSPS) is 10.4. The zero-order chi connectivity index (χ0) is 13.8. The van der Waals surface area contributed by atoms with E-state index in [2.05, 4.69) is 10.3 Å². The summed E-state index contributed by atoms with van der Waals surface area (Å²) < 4.78 is 5.41. The Morgan fingerprint density at radius 1 is 1.53 bits per heavy atom. The molecule has 2 aromatic rings. The fourth-order valence-corrected chi connectivity index (χ4v) is 1.74. The minimum absolute atomic E-state index is 0.0743. The molecule has 1 heterocycles. The van der Waals surface area contributed by atoms with E-state index in [1.165, 1.54) is 6.07 Å². The number of rotatable bonds is 5. The van der Waals surface area contributed by atoms with E-state index >= 15 is 0 Å². The van der Waals surface area contributed by atoms with Gasteiger partial charge in [-0.05, 0) is 12.1 Å². The second kappa shape index (κ2) is 5.71. The van der Waals surface area contributed by atoms with Gasteiger partial charge in [0.15, 0.2) is 0 Å². The molecule has 0 saturated heterocycles. The van der Waals surface area contributed by atoms with Crippen molar-refractivity contribution in [3.8, 4) is 0 Å². The smallest absolute Gasteiger partial charge is 0.293 e. The molecule has 100 valence electrons. The maximum atomic E-state index is 10.9. The van der Waals surface area contributed by atoms with Crippen LogP contribution < -0.4 is 5.32 Å². The Labute approximate surface area is 114 Å². The first kappa shape index (κ1) is 13.4. The highest BCUT2D eigenvalue weighted by Gasteiger charge is 2.14. The minimum Gasteiger partial charge on any atom is -0.444 e. The number of nitrogens with one attached hydrogen (secondary N) is 1. The molecular formula is C12H12ClN3O3. The van der Waals surface area contributed by atoms with Crippen molar-refractivity contribution in [1.29, 1.82) is 0 Å². The van der Waals surface area contributed by atoms with Gasteiger partial charge in [0, 0.05) is 17.5 Å². The van der Waals surface area contributed by atoms with Crippen LogP contribution >= 0.6 is 11.6 Å². The number of hydrogen-bond acceptors (Lipinski definition) is 5. The molecule has 0 unspecified atom stereocenters. The molecule has 0 bridgehead atoms. The van der Waals surface area contributed by atoms with E-state index < -0.39 is 4.92 Å². The lowest BCUT2D eigenvalue weighted by atomic mass is 10.2. The van der Waals surface area contributed by atoms with Gasteiger partial charge >= 0.3 is 0 Å². The molecule has 0 aliphatic rings. The van der Waals surface area contributed by atoms with E-state index in [4.69, 9.17) is 16.0 Å². The first-order valence-electron chi connectivity index (χ1n) is 5.71. The Morgan fingerprint density at radius 2 is 2.32 bits per heavy atom. The second-order valence-electron chi connectivity index (χ2n) is 3.85. The van der Waals surface area contributed by atoms with Crippen LogP contribution in [0.4, 0.5) is 11.4 Å². The lowest BCUT2D eigenvalue weighted by Gasteiger charge is -2.05. The van der Waals surface area contributed by atoms with Crippen molar-refractivity contribution in [3.05, 3.63) is 51.2 Å². The summed E-state index contributed by atoms with van der Waals surface area (Å²) in [4.78, 5) is 14.5. The van der Waals surface area contributed by atoms with Gasteiger partial charge in [0.05, 0.1) is 17.7 Å². The maximum Gasteiger partial charge on any atom is 0.293 e. The molecule has 2 rings (SSSR count). The van der Waals surface area contributed by atoms with Gasteiger partial charge < -0.3 is 9.73 Å². The highest BCUT2D eigenvalue weighted by atomic mass is 35.5. The SMILES string of the molecule is CCc1cnc(CNc2ccc(Cl)cc2[N+](=O)[O-])o1. The van der Waals surface area contributed by atoms with Crippen LogP contribution in [0.3, 0.4) is 0 Å². The second-order valence-corrected chi connectivity index (χ2v) is 4.28. The summed E-state index contributed by atoms with van der Waals surface area (Å²) in [5, 5.41) is 14.1. The molecule has 0 spiro atoms. The van der Waals surface area contributed by atoms with Gasteiger partial charge in [-0.25, -0.2) is 4.98 Å². The molecule has 19 heavy (non-hydrogen) atoms. The summed E-state index contributed by atoms with van der Waals surface area (Å²) in [5.41, 5.74) is 0.306. The molecule has 0 atom stereocenters. The lowest BCUT2D eigenvalue weighted by molar-refractivity contribution is -0.383. The first-order valence-corrected chi connectivity index (χ1v) is 6.09. The van der Waals surface area contributed by atoms with Gasteiger partial charge in [0.1, 0.15) is 11.4 Å². The van der Waals surface area contributed by atoms with E-state index in [-0.39, 0.29) is 12.2 Å². The van der Waals surface area contributed by atoms with E-state index in [0.717, 1.165) is 12.2 Å². The summed E-state index contributed by atoms with van der Waals surface area (Å²) >= 11 is 5.74. The van der Waals surface area contributed by atoms with Crippen LogP contribution in [0.5, 0.6) is 0 Å². The van der Waals surface area contributed by atoms with Crippen LogP contribution in [0.15, 0.2) is 28.8 Å². The van der Waals surface area contributed by atoms with Gasteiger partial charge in [-0.2, -0.15) is 0 Å². The predicted molar refractivity (Wildman–Crippen MR) is 71.3 cm³/mol. The number of halogens is 1. The molecule has 0 radical (unpaired) electrons. The lowest BCUT2D eigenvalue weighted by Crippen LogP contribution is -2.02. The molecule has 0 saturated carbocycles. The third kappa shape index (κ3) is 3.23. The van der Waals surface area contributed by atoms with Crippen LogP contribution in [0, 0.1) is 10.1 Å². The minimum atomic E-state index is -0.485. The van der Waals surface area contributed by atoms with Gasteiger partial charge in [-0.1, -0.05) is 18.5 Å². The summed E-state index contributed by atoms with van der Waals surface area (Å²) in [6.07, 6.45) is 2.40. The number of oxazole rings is 1. The quantitative estimate of drug-likeness (QED) is 0.671. The van der Waals surface area contributed by atoms with Crippen molar-refractivity contribution in [3.63, 3.8) is 0 Å². The number of aryl methyl sites for hydroxylation is 1. The molecule has 0 aliphatic heterocycles. The largest absolute Gasteiger partial charge is 0.444 e. The fourth-order valence-electron chi connectivity index (χ4n) is 1.57. The molecule has 7 heteroatoms. The van der Waals surface area contributed by atoms with Crippen molar-refractivity contribution >= 4 is 23.0 Å². The van der Waals surface area contributed by atoms with Crippen molar-refractivity contribution in [2.24, 2.45) is 0 Å². The molecule has 6 nitrogen and oxygen atoms in total. The van der Waals surface area contributed by atoms with Gasteiger partial charge in [-0.3, -0.25) is 10.1 Å². The fraction of sp³-hybridized carbons (Fsp3) is 0.250. The Hall–Kier alpha value is -2.08. The van der Waals surface area contributed by atoms with Crippen molar-refractivity contribution in [2.45, 2.75) is 19.9 Å². The van der Waals surface area contributed by atoms with Crippen LogP contribution in [0.1, 0.15) is 18.6 Å². The molecule has 0 fully saturated rings. The number of hydrogen-bond donors (Lipinski definition) is 1. The van der Waals surface area contributed by atoms with Gasteiger partial charge in [0.2, 0.25) is 5.89 Å². The molecule has 1 aromatic carbocycles. The first-order chi connectivity index (χ1) is 9.10. The topological polar surface area (TPSA) is 81.2 Å². The van der Waals surface area contributed by atoms with Crippen LogP contribution in [-0.2, 0) is 13.0 Å². The van der Waals surface area contributed by atoms with Crippen molar-refractivity contribution in [2.75, 3.05) is 5.32 Å². The molecule has 1 aromatic heterocycles. The molecule has 0 amide bonds. The van der Waals surface area contributed by atoms with Crippen LogP contribution in [0.2, 0.25) is 5.02 Å². The maximum absolute atomic E-state index is 10.9. The summed E-state index contributed by atoms with van der Waals surface area (Å²) in [7, 11) is 0. The van der Waals surface area contributed by atoms with Crippen molar-refractivity contribution < 1.29 is 9.34 Å². The third-order valence-corrected chi connectivity index (χ3v) is 2.77. The highest BCUT2D eigenvalue weighted by molar-refractivity contribution is 6.30. The van der Waals surface area contributed by atoms with Crippen molar-refractivity contribution in [1.82, 2.24) is 4.98 Å². The Bertz CT molecular complexity index is 598. The number of nitrogens with zero attached hydrogens (tertiary/aromatic N) is 2. The summed E-state index contributed by atoms with van der Waals surface area (Å²) in [5.74, 6) is 1.27. The average molecular weight is 282 g/mol. The monoisotopic (exact) mass is 281 g/mol. The van der Waals surface area contributed by atoms with Crippen LogP contribution in [-0.4, -0.2) is 9.91 Å². The third-order valence-electron chi connectivity index (χ3n) is 2.54. The van der Waals surface area contributed by atoms with E-state index in [9.17, 15) is 10.1 Å². The summed E-state index contributed by atoms with van der Waals surface area (Å²) in [6.45, 7) is 2.24. The number of benzene rings is 1. The number of aromatic nitrogens is 1. The standard InChI is InChI=1S/C12H12ClN3O3/c1-2-9-6-15-12(19-9)7-14-10-4-3-8(13)5-11(10)16(17)18/h3-6,14H,2,7H2,1H3. The molecule has 0 aliphatic carbocycles. The number of nitro benzene ring substituents is 1. The molecular weight excluding hydrogens is 270 g/mol. The highest BCUT2D eigenvalue weighted by Crippen LogP contribution is 2.28. The predicted octanol–water partition coefficient (Wildman–Crippen LogP) is 3.41. The number of anilines is 1. The zero-order valence-corrected chi connectivity index (χ0v) is 11.0. The average Bonchev–Trinajstić information content (AvgIpc) is 2.85. The summed E-state index contributed by atoms with van der Waals surface area (Å²) in [6, 6.07) is 4.45. The van der Waals surface area contributed by atoms with E-state index in [1.807, 2.05) is 6.92 Å². The Balaban J connectivity index is 2.12.